The average Bonchev–Trinajstić information content (AvgIpc) is 1.54. The van der Waals surface area contributed by atoms with Gasteiger partial charge in [0.1, 0.15) is 11.2 Å². The number of furan rings is 1. The second-order valence-electron chi connectivity index (χ2n) is 26.8. The van der Waals surface area contributed by atoms with Gasteiger partial charge in [0.2, 0.25) is 0 Å². The molecule has 0 unspecified atom stereocenters. The number of benzene rings is 15. The highest BCUT2D eigenvalue weighted by atomic mass is 32.1. The third kappa shape index (κ3) is 10.4. The van der Waals surface area contributed by atoms with Crippen LogP contribution in [0.5, 0.6) is 0 Å². The van der Waals surface area contributed by atoms with Gasteiger partial charge in [-0.3, -0.25) is 0 Å². The summed E-state index contributed by atoms with van der Waals surface area (Å²) in [6, 6.07) is 123. The highest BCUT2D eigenvalue weighted by molar-refractivity contribution is 7.26. The topological polar surface area (TPSA) is 95.4 Å². The molecule has 106 heavy (non-hydrogen) atoms. The van der Waals surface area contributed by atoms with E-state index in [0.29, 0.717) is 34.9 Å². The zero-order valence-electron chi connectivity index (χ0n) is 56.8. The largest absolute Gasteiger partial charge is 0.456 e. The zero-order valence-corrected chi connectivity index (χ0v) is 58.4. The summed E-state index contributed by atoms with van der Waals surface area (Å²) in [5, 5.41) is 9.23. The summed E-state index contributed by atoms with van der Waals surface area (Å²) in [5.41, 5.74) is 20.9. The van der Waals surface area contributed by atoms with Crippen molar-refractivity contribution in [2.45, 2.75) is 0 Å². The van der Waals surface area contributed by atoms with Crippen LogP contribution in [0.1, 0.15) is 0 Å². The van der Waals surface area contributed by atoms with E-state index in [4.69, 9.17) is 34.3 Å². The first kappa shape index (κ1) is 61.1. The third-order valence-electron chi connectivity index (χ3n) is 20.6. The molecule has 21 aromatic rings. The van der Waals surface area contributed by atoms with E-state index < -0.39 is 0 Å². The van der Waals surface area contributed by atoms with Crippen LogP contribution in [0.15, 0.2) is 350 Å². The van der Waals surface area contributed by atoms with Gasteiger partial charge in [0.05, 0.1) is 11.0 Å². The number of hydrogen-bond acceptors (Lipinski definition) is 9. The minimum atomic E-state index is 0.563. The van der Waals surface area contributed by atoms with Crippen LogP contribution < -0.4 is 0 Å². The van der Waals surface area contributed by atoms with E-state index in [0.717, 1.165) is 153 Å². The van der Waals surface area contributed by atoms with Crippen molar-refractivity contribution >= 4 is 107 Å². The first-order chi connectivity index (χ1) is 52.5. The van der Waals surface area contributed by atoms with E-state index in [1.807, 2.05) is 12.1 Å². The molecule has 21 rings (SSSR count). The number of thiophene rings is 2. The molecular weight excluding hydrogens is 1330 g/mol. The lowest BCUT2D eigenvalue weighted by molar-refractivity contribution is 0.669. The van der Waals surface area contributed by atoms with Crippen molar-refractivity contribution in [1.82, 2.24) is 34.5 Å². The van der Waals surface area contributed by atoms with Crippen LogP contribution in [0.4, 0.5) is 0 Å². The number of hydrogen-bond donors (Lipinski definition) is 0. The van der Waals surface area contributed by atoms with Crippen molar-refractivity contribution in [2.24, 2.45) is 0 Å². The Morgan fingerprint density at radius 3 is 1.37 bits per heavy atom. The lowest BCUT2D eigenvalue weighted by atomic mass is 9.91. The molecule has 494 valence electrons. The third-order valence-corrected chi connectivity index (χ3v) is 23.0. The Kier molecular flexibility index (Phi) is 14.5. The molecule has 0 aliphatic rings. The maximum absolute atomic E-state index is 6.41. The fourth-order valence-electron chi connectivity index (χ4n) is 15.6. The molecule has 0 aliphatic heterocycles. The highest BCUT2D eigenvalue weighted by Gasteiger charge is 2.25. The molecule has 0 saturated carbocycles. The maximum atomic E-state index is 6.41. The van der Waals surface area contributed by atoms with Crippen LogP contribution in [0.3, 0.4) is 0 Å². The fourth-order valence-corrected chi connectivity index (χ4v) is 18.0. The molecule has 6 aromatic heterocycles. The van der Waals surface area contributed by atoms with Gasteiger partial charge in [-0.25, -0.2) is 29.9 Å². The Labute approximate surface area is 616 Å². The fraction of sp³-hybridized carbons (Fsp3) is 0. The molecule has 0 spiro atoms. The maximum Gasteiger partial charge on any atom is 0.165 e. The van der Waals surface area contributed by atoms with Crippen LogP contribution in [0.2, 0.25) is 0 Å². The standard InChI is InChI=1S/C96H57N7OS2/c1-4-23-58(24-5-1)68-33-10-11-37-76(68)93-97-91(65-29-20-27-60(53-65)62-45-48-71-70-34-12-16-41-82(70)103(83(71)56-62)67-31-8-3-9-32-67)100-96(101-93)80-52-51-69(88-78-38-15-19-44-87(78)106-90(80)88)64-47-50-77(81(55-64)59-25-6-2-7-26-59)94-98-92(99-95(102-94)79-40-22-39-75-74-36-14-18-43-86(74)105-89(75)79)66-30-21-28-61(54-66)63-46-49-73-72-35-13-17-42-84(72)104-85(73)57-63/h1-57H. The van der Waals surface area contributed by atoms with Gasteiger partial charge in [-0.05, 0) is 147 Å². The molecule has 6 heterocycles. The van der Waals surface area contributed by atoms with Crippen molar-refractivity contribution in [2.75, 3.05) is 0 Å². The summed E-state index contributed by atoms with van der Waals surface area (Å²) >= 11 is 3.53. The van der Waals surface area contributed by atoms with Gasteiger partial charge < -0.3 is 8.98 Å². The molecule has 15 aromatic carbocycles. The average molecular weight is 1390 g/mol. The number of nitrogens with zero attached hydrogens (tertiary/aromatic N) is 7. The minimum Gasteiger partial charge on any atom is -0.456 e. The normalized spacial score (nSPS) is 11.8. The Hall–Kier alpha value is -13.6. The molecule has 10 heteroatoms. The Balaban J connectivity index is 0.728. The number of fused-ring (bicyclic) bond motifs is 12. The van der Waals surface area contributed by atoms with Crippen molar-refractivity contribution < 1.29 is 4.42 Å². The van der Waals surface area contributed by atoms with Gasteiger partial charge in [-0.1, -0.05) is 255 Å². The number of para-hydroxylation sites is 3. The smallest absolute Gasteiger partial charge is 0.165 e. The van der Waals surface area contributed by atoms with Crippen LogP contribution in [-0.2, 0) is 0 Å². The lowest BCUT2D eigenvalue weighted by Crippen LogP contribution is -2.02. The van der Waals surface area contributed by atoms with E-state index in [9.17, 15) is 0 Å². The van der Waals surface area contributed by atoms with E-state index >= 15 is 0 Å². The monoisotopic (exact) mass is 1390 g/mol. The number of rotatable bonds is 12. The molecular formula is C96H57N7OS2. The second-order valence-corrected chi connectivity index (χ2v) is 28.9. The van der Waals surface area contributed by atoms with Gasteiger partial charge in [-0.15, -0.1) is 22.7 Å². The predicted molar refractivity (Wildman–Crippen MR) is 440 cm³/mol. The summed E-state index contributed by atoms with van der Waals surface area (Å²) in [6.07, 6.45) is 0. The van der Waals surface area contributed by atoms with Gasteiger partial charge >= 0.3 is 0 Å². The van der Waals surface area contributed by atoms with Crippen molar-refractivity contribution in [3.8, 4) is 130 Å². The minimum absolute atomic E-state index is 0.563. The second kappa shape index (κ2) is 25.1. The first-order valence-electron chi connectivity index (χ1n) is 35.5. The molecule has 0 fully saturated rings. The molecule has 0 amide bonds. The van der Waals surface area contributed by atoms with Crippen molar-refractivity contribution in [3.63, 3.8) is 0 Å². The number of aromatic nitrogens is 7. The van der Waals surface area contributed by atoms with Gasteiger partial charge in [0.25, 0.3) is 0 Å². The molecule has 0 aliphatic carbocycles. The predicted octanol–water partition coefficient (Wildman–Crippen LogP) is 26.1. The summed E-state index contributed by atoms with van der Waals surface area (Å²) in [4.78, 5) is 33.1. The lowest BCUT2D eigenvalue weighted by Gasteiger charge is -2.16. The molecule has 0 N–H and O–H groups in total. The summed E-state index contributed by atoms with van der Waals surface area (Å²) in [6.45, 7) is 0. The molecule has 8 nitrogen and oxygen atoms in total. The van der Waals surface area contributed by atoms with Gasteiger partial charge in [0.15, 0.2) is 34.9 Å². The zero-order chi connectivity index (χ0) is 69.8. The van der Waals surface area contributed by atoms with E-state index in [1.165, 1.54) is 26.2 Å². The summed E-state index contributed by atoms with van der Waals surface area (Å²) < 4.78 is 13.3. The molecule has 0 radical (unpaired) electrons. The van der Waals surface area contributed by atoms with E-state index in [2.05, 4.69) is 338 Å². The van der Waals surface area contributed by atoms with Gasteiger partial charge in [-0.2, -0.15) is 0 Å². The summed E-state index contributed by atoms with van der Waals surface area (Å²) in [5.74, 6) is 3.46. The summed E-state index contributed by atoms with van der Waals surface area (Å²) in [7, 11) is 0. The molecule has 0 atom stereocenters. The van der Waals surface area contributed by atoms with Crippen molar-refractivity contribution in [3.05, 3.63) is 346 Å². The van der Waals surface area contributed by atoms with Gasteiger partial charge in [0, 0.05) is 101 Å². The Bertz CT molecular complexity index is 7100. The van der Waals surface area contributed by atoms with Crippen LogP contribution in [0, 0.1) is 0 Å². The van der Waals surface area contributed by atoms with Crippen LogP contribution in [-0.4, -0.2) is 34.5 Å². The quantitative estimate of drug-likeness (QED) is 0.120. The Morgan fingerprint density at radius 2 is 0.651 bits per heavy atom. The molecule has 0 bridgehead atoms. The SMILES string of the molecule is c1ccc(-c2cc(-c3ccc(-c4nc(-c5cccc(-c6ccc7c8ccccc8n(-c8ccccc8)c7c6)c5)nc(-c5ccccc5-c5ccccc5)n4)c4sc5ccccc5c34)ccc2-c2nc(-c3cccc(-c4ccc5c(c4)oc4ccccc45)c3)nc(-c3cccc4c3sc3ccccc34)n2)cc1. The van der Waals surface area contributed by atoms with Crippen molar-refractivity contribution in [1.29, 1.82) is 0 Å². The van der Waals surface area contributed by atoms with E-state index in [1.54, 1.807) is 22.7 Å². The first-order valence-corrected chi connectivity index (χ1v) is 37.1. The van der Waals surface area contributed by atoms with Crippen LogP contribution >= 0.6 is 22.7 Å². The Morgan fingerprint density at radius 1 is 0.217 bits per heavy atom. The van der Waals surface area contributed by atoms with E-state index in [-0.39, 0.29) is 0 Å². The molecule has 0 saturated heterocycles. The highest BCUT2D eigenvalue weighted by Crippen LogP contribution is 2.48. The van der Waals surface area contributed by atoms with Crippen LogP contribution in [0.25, 0.3) is 214 Å².